The van der Waals surface area contributed by atoms with Crippen molar-refractivity contribution < 1.29 is 0 Å². The van der Waals surface area contributed by atoms with Crippen LogP contribution in [0, 0.1) is 6.92 Å². The van der Waals surface area contributed by atoms with Crippen molar-refractivity contribution in [2.24, 2.45) is 0 Å². The SMILES string of the molecule is Cc1cc(N)ccc1-c1nc2ccccc2n1C(C)C. The second kappa shape index (κ2) is 4.67. The third kappa shape index (κ3) is 1.95. The Morgan fingerprint density at radius 2 is 1.85 bits per heavy atom. The predicted octanol–water partition coefficient (Wildman–Crippen LogP) is 4.17. The Hall–Kier alpha value is -2.29. The number of aromatic nitrogens is 2. The third-order valence-corrected chi connectivity index (χ3v) is 3.60. The Morgan fingerprint density at radius 3 is 2.55 bits per heavy atom. The van der Waals surface area contributed by atoms with Gasteiger partial charge in [0.2, 0.25) is 0 Å². The predicted molar refractivity (Wildman–Crippen MR) is 84.7 cm³/mol. The molecule has 3 rings (SSSR count). The summed E-state index contributed by atoms with van der Waals surface area (Å²) in [6.45, 7) is 6.45. The number of fused-ring (bicyclic) bond motifs is 1. The largest absolute Gasteiger partial charge is 0.399 e. The van der Waals surface area contributed by atoms with E-state index < -0.39 is 0 Å². The summed E-state index contributed by atoms with van der Waals surface area (Å²) in [7, 11) is 0. The molecule has 2 N–H and O–H groups in total. The first-order valence-corrected chi connectivity index (χ1v) is 6.91. The van der Waals surface area contributed by atoms with Crippen LogP contribution in [0.3, 0.4) is 0 Å². The summed E-state index contributed by atoms with van der Waals surface area (Å²) in [5.41, 5.74) is 11.1. The van der Waals surface area contributed by atoms with Gasteiger partial charge in [-0.3, -0.25) is 0 Å². The number of benzene rings is 2. The number of rotatable bonds is 2. The van der Waals surface area contributed by atoms with E-state index in [-0.39, 0.29) is 0 Å². The molecule has 0 aliphatic heterocycles. The fourth-order valence-electron chi connectivity index (χ4n) is 2.69. The van der Waals surface area contributed by atoms with E-state index in [2.05, 4.69) is 49.6 Å². The zero-order chi connectivity index (χ0) is 14.3. The number of nitrogen functional groups attached to an aromatic ring is 1. The molecule has 0 saturated heterocycles. The van der Waals surface area contributed by atoms with Crippen LogP contribution in [-0.4, -0.2) is 9.55 Å². The molecule has 2 aromatic carbocycles. The monoisotopic (exact) mass is 265 g/mol. The lowest BCUT2D eigenvalue weighted by Gasteiger charge is -2.14. The van der Waals surface area contributed by atoms with Gasteiger partial charge in [0.05, 0.1) is 11.0 Å². The van der Waals surface area contributed by atoms with E-state index in [1.807, 2.05) is 18.2 Å². The van der Waals surface area contributed by atoms with Gasteiger partial charge >= 0.3 is 0 Å². The van der Waals surface area contributed by atoms with Crippen LogP contribution in [0.5, 0.6) is 0 Å². The Bertz CT molecular complexity index is 769. The standard InChI is InChI=1S/C17H19N3/c1-11(2)20-16-7-5-4-6-15(16)19-17(20)14-9-8-13(18)10-12(14)3/h4-11H,18H2,1-3H3. The molecule has 3 aromatic rings. The van der Waals surface area contributed by atoms with Crippen LogP contribution in [-0.2, 0) is 0 Å². The minimum atomic E-state index is 0.356. The Kier molecular flexibility index (Phi) is 2.97. The van der Waals surface area contributed by atoms with E-state index in [1.54, 1.807) is 0 Å². The van der Waals surface area contributed by atoms with Crippen LogP contribution in [0.15, 0.2) is 42.5 Å². The second-order valence-corrected chi connectivity index (χ2v) is 5.46. The molecule has 20 heavy (non-hydrogen) atoms. The normalized spacial score (nSPS) is 11.4. The number of hydrogen-bond donors (Lipinski definition) is 1. The molecule has 0 saturated carbocycles. The highest BCUT2D eigenvalue weighted by Gasteiger charge is 2.15. The molecule has 0 aliphatic rings. The fourth-order valence-corrected chi connectivity index (χ4v) is 2.69. The Labute approximate surface area is 119 Å². The molecule has 3 heteroatoms. The second-order valence-electron chi connectivity index (χ2n) is 5.46. The van der Waals surface area contributed by atoms with E-state index >= 15 is 0 Å². The van der Waals surface area contributed by atoms with Crippen LogP contribution >= 0.6 is 0 Å². The van der Waals surface area contributed by atoms with Gasteiger partial charge in [-0.1, -0.05) is 12.1 Å². The van der Waals surface area contributed by atoms with E-state index in [1.165, 1.54) is 5.52 Å². The molecule has 0 aliphatic carbocycles. The van der Waals surface area contributed by atoms with Gasteiger partial charge in [0.15, 0.2) is 0 Å². The highest BCUT2D eigenvalue weighted by molar-refractivity contribution is 5.81. The van der Waals surface area contributed by atoms with Crippen molar-refractivity contribution >= 4 is 16.7 Å². The summed E-state index contributed by atoms with van der Waals surface area (Å²) < 4.78 is 2.29. The van der Waals surface area contributed by atoms with Crippen LogP contribution in [0.1, 0.15) is 25.5 Å². The average Bonchev–Trinajstić information content (AvgIpc) is 2.77. The van der Waals surface area contributed by atoms with Crippen molar-refractivity contribution in [3.8, 4) is 11.4 Å². The van der Waals surface area contributed by atoms with Gasteiger partial charge in [0.25, 0.3) is 0 Å². The van der Waals surface area contributed by atoms with Gasteiger partial charge < -0.3 is 10.3 Å². The number of imidazole rings is 1. The molecule has 1 aromatic heterocycles. The fraction of sp³-hybridized carbons (Fsp3) is 0.235. The maximum atomic E-state index is 5.85. The minimum Gasteiger partial charge on any atom is -0.399 e. The lowest BCUT2D eigenvalue weighted by molar-refractivity contribution is 0.624. The molecular formula is C17H19N3. The molecule has 0 unspecified atom stereocenters. The van der Waals surface area contributed by atoms with Crippen LogP contribution < -0.4 is 5.73 Å². The smallest absolute Gasteiger partial charge is 0.141 e. The zero-order valence-electron chi connectivity index (χ0n) is 12.1. The Morgan fingerprint density at radius 1 is 1.10 bits per heavy atom. The molecule has 1 heterocycles. The zero-order valence-corrected chi connectivity index (χ0v) is 12.1. The summed E-state index contributed by atoms with van der Waals surface area (Å²) in [6, 6.07) is 14.6. The molecule has 3 nitrogen and oxygen atoms in total. The van der Waals surface area contributed by atoms with E-state index in [4.69, 9.17) is 10.7 Å². The number of hydrogen-bond acceptors (Lipinski definition) is 2. The maximum Gasteiger partial charge on any atom is 0.141 e. The molecule has 0 atom stereocenters. The van der Waals surface area contributed by atoms with Crippen LogP contribution in [0.4, 0.5) is 5.69 Å². The van der Waals surface area contributed by atoms with E-state index in [0.29, 0.717) is 6.04 Å². The van der Waals surface area contributed by atoms with Gasteiger partial charge in [-0.05, 0) is 56.7 Å². The number of nitrogens with zero attached hydrogens (tertiary/aromatic N) is 2. The first-order chi connectivity index (χ1) is 9.58. The number of para-hydroxylation sites is 2. The van der Waals surface area contributed by atoms with Crippen LogP contribution in [0.25, 0.3) is 22.4 Å². The van der Waals surface area contributed by atoms with Crippen molar-refractivity contribution in [2.45, 2.75) is 26.8 Å². The minimum absolute atomic E-state index is 0.356. The highest BCUT2D eigenvalue weighted by atomic mass is 15.1. The summed E-state index contributed by atoms with van der Waals surface area (Å²) in [5, 5.41) is 0. The topological polar surface area (TPSA) is 43.8 Å². The summed E-state index contributed by atoms with van der Waals surface area (Å²) >= 11 is 0. The summed E-state index contributed by atoms with van der Waals surface area (Å²) in [5.74, 6) is 1.01. The number of aryl methyl sites for hydroxylation is 1. The Balaban J connectivity index is 2.32. The molecule has 0 fully saturated rings. The summed E-state index contributed by atoms with van der Waals surface area (Å²) in [6.07, 6.45) is 0. The highest BCUT2D eigenvalue weighted by Crippen LogP contribution is 2.30. The number of anilines is 1. The van der Waals surface area contributed by atoms with Gasteiger partial charge in [0, 0.05) is 17.3 Å². The molecule has 0 radical (unpaired) electrons. The molecule has 0 bridgehead atoms. The lowest BCUT2D eigenvalue weighted by atomic mass is 10.1. The number of nitrogens with two attached hydrogens (primary N) is 1. The van der Waals surface area contributed by atoms with Gasteiger partial charge in [-0.15, -0.1) is 0 Å². The molecule has 0 amide bonds. The summed E-state index contributed by atoms with van der Waals surface area (Å²) in [4.78, 5) is 4.82. The van der Waals surface area contributed by atoms with Crippen molar-refractivity contribution in [1.29, 1.82) is 0 Å². The van der Waals surface area contributed by atoms with E-state index in [0.717, 1.165) is 28.2 Å². The third-order valence-electron chi connectivity index (χ3n) is 3.60. The molecule has 0 spiro atoms. The molecular weight excluding hydrogens is 246 g/mol. The first-order valence-electron chi connectivity index (χ1n) is 6.91. The van der Waals surface area contributed by atoms with Crippen molar-refractivity contribution in [1.82, 2.24) is 9.55 Å². The van der Waals surface area contributed by atoms with Gasteiger partial charge in [-0.2, -0.15) is 0 Å². The quantitative estimate of drug-likeness (QED) is 0.706. The molecule has 102 valence electrons. The first kappa shape index (κ1) is 12.7. The van der Waals surface area contributed by atoms with Crippen molar-refractivity contribution in [3.63, 3.8) is 0 Å². The van der Waals surface area contributed by atoms with Crippen molar-refractivity contribution in [3.05, 3.63) is 48.0 Å². The van der Waals surface area contributed by atoms with Gasteiger partial charge in [-0.25, -0.2) is 4.98 Å². The van der Waals surface area contributed by atoms with Gasteiger partial charge in [0.1, 0.15) is 5.82 Å². The van der Waals surface area contributed by atoms with Crippen LogP contribution in [0.2, 0.25) is 0 Å². The van der Waals surface area contributed by atoms with Crippen molar-refractivity contribution in [2.75, 3.05) is 5.73 Å². The maximum absolute atomic E-state index is 5.85. The van der Waals surface area contributed by atoms with E-state index in [9.17, 15) is 0 Å². The average molecular weight is 265 g/mol. The lowest BCUT2D eigenvalue weighted by Crippen LogP contribution is -2.04.